The SMILES string of the molecule is Cc1ccccc1CN1CCN(Cc2oc(CCl)cc(=O)c2O)CC1. The van der Waals surface area contributed by atoms with Crippen molar-refractivity contribution in [3.05, 3.63) is 63.2 Å². The van der Waals surface area contributed by atoms with E-state index in [0.29, 0.717) is 18.1 Å². The summed E-state index contributed by atoms with van der Waals surface area (Å²) in [4.78, 5) is 16.4. The highest BCUT2D eigenvalue weighted by molar-refractivity contribution is 6.16. The Balaban J connectivity index is 1.59. The van der Waals surface area contributed by atoms with Gasteiger partial charge in [0.2, 0.25) is 11.2 Å². The minimum absolute atomic E-state index is 0.118. The van der Waals surface area contributed by atoms with E-state index in [0.717, 1.165) is 32.7 Å². The molecule has 0 atom stereocenters. The fourth-order valence-electron chi connectivity index (χ4n) is 3.10. The number of halogens is 1. The number of aryl methyl sites for hydroxylation is 1. The van der Waals surface area contributed by atoms with E-state index in [4.69, 9.17) is 16.0 Å². The predicted octanol–water partition coefficient (Wildman–Crippen LogP) is 2.71. The lowest BCUT2D eigenvalue weighted by atomic mass is 10.1. The van der Waals surface area contributed by atoms with E-state index in [-0.39, 0.29) is 11.6 Å². The molecule has 0 radical (unpaired) electrons. The summed E-state index contributed by atoms with van der Waals surface area (Å²) in [6.07, 6.45) is 0. The summed E-state index contributed by atoms with van der Waals surface area (Å²) >= 11 is 5.74. The molecule has 0 saturated carbocycles. The van der Waals surface area contributed by atoms with E-state index < -0.39 is 5.43 Å². The van der Waals surface area contributed by atoms with Gasteiger partial charge in [-0.25, -0.2) is 0 Å². The summed E-state index contributed by atoms with van der Waals surface area (Å²) in [5.74, 6) is 0.497. The molecule has 6 heteroatoms. The van der Waals surface area contributed by atoms with Gasteiger partial charge in [-0.2, -0.15) is 0 Å². The van der Waals surface area contributed by atoms with Crippen molar-refractivity contribution in [2.45, 2.75) is 25.9 Å². The van der Waals surface area contributed by atoms with Gasteiger partial charge < -0.3 is 9.52 Å². The van der Waals surface area contributed by atoms with Gasteiger partial charge in [0, 0.05) is 38.8 Å². The number of nitrogens with zero attached hydrogens (tertiary/aromatic N) is 2. The van der Waals surface area contributed by atoms with E-state index >= 15 is 0 Å². The molecule has 0 aliphatic carbocycles. The normalized spacial score (nSPS) is 16.2. The van der Waals surface area contributed by atoms with Crippen LogP contribution in [0.1, 0.15) is 22.6 Å². The third-order valence-electron chi connectivity index (χ3n) is 4.66. The number of rotatable bonds is 5. The number of hydrogen-bond donors (Lipinski definition) is 1. The molecule has 0 bridgehead atoms. The van der Waals surface area contributed by atoms with Crippen molar-refractivity contribution in [2.75, 3.05) is 26.2 Å². The molecule has 25 heavy (non-hydrogen) atoms. The van der Waals surface area contributed by atoms with Crippen LogP contribution >= 0.6 is 11.6 Å². The molecule has 0 spiro atoms. The summed E-state index contributed by atoms with van der Waals surface area (Å²) in [5.41, 5.74) is 2.24. The standard InChI is InChI=1S/C19H23ClN2O3/c1-14-4-2-3-5-15(14)12-21-6-8-22(9-7-21)13-18-19(24)17(23)10-16(11-20)25-18/h2-5,10,24H,6-9,11-13H2,1H3. The van der Waals surface area contributed by atoms with Crippen LogP contribution in [0.4, 0.5) is 0 Å². The lowest BCUT2D eigenvalue weighted by molar-refractivity contribution is 0.113. The number of piperazine rings is 1. The quantitative estimate of drug-likeness (QED) is 0.829. The zero-order valence-electron chi connectivity index (χ0n) is 14.4. The number of alkyl halides is 1. The first-order chi connectivity index (χ1) is 12.1. The number of benzene rings is 1. The molecular weight excluding hydrogens is 340 g/mol. The van der Waals surface area contributed by atoms with E-state index in [1.165, 1.54) is 17.2 Å². The van der Waals surface area contributed by atoms with Crippen LogP contribution in [0.5, 0.6) is 5.75 Å². The first kappa shape index (κ1) is 18.0. The lowest BCUT2D eigenvalue weighted by Crippen LogP contribution is -2.45. The maximum Gasteiger partial charge on any atom is 0.227 e. The highest BCUT2D eigenvalue weighted by atomic mass is 35.5. The second-order valence-corrected chi connectivity index (χ2v) is 6.73. The summed E-state index contributed by atoms with van der Waals surface area (Å²) in [6, 6.07) is 9.69. The Labute approximate surface area is 152 Å². The Hall–Kier alpha value is -1.82. The molecule has 2 aromatic rings. The van der Waals surface area contributed by atoms with Gasteiger partial charge in [-0.3, -0.25) is 14.6 Å². The molecule has 1 saturated heterocycles. The summed E-state index contributed by atoms with van der Waals surface area (Å²) in [7, 11) is 0. The maximum atomic E-state index is 11.8. The molecule has 1 N–H and O–H groups in total. The van der Waals surface area contributed by atoms with Gasteiger partial charge >= 0.3 is 0 Å². The summed E-state index contributed by atoms with van der Waals surface area (Å²) in [5, 5.41) is 9.94. The first-order valence-corrected chi connectivity index (χ1v) is 9.00. The van der Waals surface area contributed by atoms with E-state index in [2.05, 4.69) is 41.0 Å². The van der Waals surface area contributed by atoms with Crippen molar-refractivity contribution < 1.29 is 9.52 Å². The molecule has 0 amide bonds. The van der Waals surface area contributed by atoms with Crippen molar-refractivity contribution in [1.29, 1.82) is 0 Å². The smallest absolute Gasteiger partial charge is 0.227 e. The highest BCUT2D eigenvalue weighted by Crippen LogP contribution is 2.19. The highest BCUT2D eigenvalue weighted by Gasteiger charge is 2.20. The number of aromatic hydroxyl groups is 1. The van der Waals surface area contributed by atoms with Crippen molar-refractivity contribution in [3.8, 4) is 5.75 Å². The second-order valence-electron chi connectivity index (χ2n) is 6.46. The van der Waals surface area contributed by atoms with Gasteiger partial charge in [0.05, 0.1) is 12.4 Å². The van der Waals surface area contributed by atoms with Gasteiger partial charge in [-0.15, -0.1) is 11.6 Å². The molecule has 1 aromatic heterocycles. The molecular formula is C19H23ClN2O3. The Morgan fingerprint density at radius 3 is 2.40 bits per heavy atom. The minimum atomic E-state index is -0.435. The van der Waals surface area contributed by atoms with Gasteiger partial charge in [0.25, 0.3) is 0 Å². The Morgan fingerprint density at radius 2 is 1.76 bits per heavy atom. The maximum absolute atomic E-state index is 11.8. The van der Waals surface area contributed by atoms with Crippen molar-refractivity contribution in [2.24, 2.45) is 0 Å². The van der Waals surface area contributed by atoms with Crippen molar-refractivity contribution in [1.82, 2.24) is 9.80 Å². The first-order valence-electron chi connectivity index (χ1n) is 8.47. The Bertz CT molecular complexity index is 782. The average Bonchev–Trinajstić information content (AvgIpc) is 2.62. The molecule has 1 aliphatic rings. The van der Waals surface area contributed by atoms with Crippen LogP contribution < -0.4 is 5.43 Å². The van der Waals surface area contributed by atoms with Crippen LogP contribution in [0, 0.1) is 6.92 Å². The average molecular weight is 363 g/mol. The van der Waals surface area contributed by atoms with Gasteiger partial charge in [-0.05, 0) is 18.1 Å². The van der Waals surface area contributed by atoms with E-state index in [1.54, 1.807) is 0 Å². The van der Waals surface area contributed by atoms with Crippen LogP contribution in [0.3, 0.4) is 0 Å². The van der Waals surface area contributed by atoms with Crippen LogP contribution in [0.25, 0.3) is 0 Å². The van der Waals surface area contributed by atoms with Crippen molar-refractivity contribution in [3.63, 3.8) is 0 Å². The predicted molar refractivity (Wildman–Crippen MR) is 97.9 cm³/mol. The monoisotopic (exact) mass is 362 g/mol. The Morgan fingerprint density at radius 1 is 1.12 bits per heavy atom. The third-order valence-corrected chi connectivity index (χ3v) is 4.93. The van der Waals surface area contributed by atoms with Crippen LogP contribution in [0.2, 0.25) is 0 Å². The van der Waals surface area contributed by atoms with Gasteiger partial charge in [0.1, 0.15) is 5.76 Å². The molecule has 1 aliphatic heterocycles. The third kappa shape index (κ3) is 4.42. The topological polar surface area (TPSA) is 56.9 Å². The van der Waals surface area contributed by atoms with Crippen LogP contribution in [0.15, 0.2) is 39.5 Å². The Kier molecular flexibility index (Phi) is 5.78. The largest absolute Gasteiger partial charge is 0.502 e. The molecule has 5 nitrogen and oxygen atoms in total. The van der Waals surface area contributed by atoms with Crippen molar-refractivity contribution >= 4 is 11.6 Å². The van der Waals surface area contributed by atoms with Crippen LogP contribution in [-0.2, 0) is 19.0 Å². The lowest BCUT2D eigenvalue weighted by Gasteiger charge is -2.34. The van der Waals surface area contributed by atoms with E-state index in [9.17, 15) is 9.90 Å². The fourth-order valence-corrected chi connectivity index (χ4v) is 3.23. The zero-order chi connectivity index (χ0) is 17.8. The summed E-state index contributed by atoms with van der Waals surface area (Å²) in [6.45, 7) is 7.11. The second kappa shape index (κ2) is 8.04. The molecule has 2 heterocycles. The molecule has 0 unspecified atom stereocenters. The molecule has 1 aromatic carbocycles. The molecule has 1 fully saturated rings. The molecule has 3 rings (SSSR count). The van der Waals surface area contributed by atoms with E-state index in [1.807, 2.05) is 0 Å². The van der Waals surface area contributed by atoms with Crippen LogP contribution in [-0.4, -0.2) is 41.1 Å². The zero-order valence-corrected chi connectivity index (χ0v) is 15.1. The van der Waals surface area contributed by atoms with Gasteiger partial charge in [0.15, 0.2) is 5.76 Å². The summed E-state index contributed by atoms with van der Waals surface area (Å²) < 4.78 is 5.54. The minimum Gasteiger partial charge on any atom is -0.502 e. The van der Waals surface area contributed by atoms with Gasteiger partial charge in [-0.1, -0.05) is 24.3 Å². The molecule has 134 valence electrons. The number of hydrogen-bond acceptors (Lipinski definition) is 5. The fraction of sp³-hybridized carbons (Fsp3) is 0.421.